The van der Waals surface area contributed by atoms with E-state index in [9.17, 15) is 4.79 Å². The largest absolute Gasteiger partial charge is 0.393 e. The molecule has 0 aliphatic carbocycles. The number of rotatable bonds is 5. The topological polar surface area (TPSA) is 105 Å². The fourth-order valence-electron chi connectivity index (χ4n) is 2.67. The van der Waals surface area contributed by atoms with E-state index >= 15 is 0 Å². The Morgan fingerprint density at radius 3 is 2.19 bits per heavy atom. The summed E-state index contributed by atoms with van der Waals surface area (Å²) in [6.45, 7) is 6.01. The number of nitrogens with zero attached hydrogens (tertiary/aromatic N) is 2. The van der Waals surface area contributed by atoms with Crippen molar-refractivity contribution in [3.8, 4) is 0 Å². The lowest BCUT2D eigenvalue weighted by Gasteiger charge is -2.14. The average Bonchev–Trinajstić information content (AvgIpc) is 2.62. The molecule has 0 spiro atoms. The summed E-state index contributed by atoms with van der Waals surface area (Å²) in [7, 11) is 0. The van der Waals surface area contributed by atoms with Crippen LogP contribution in [0.3, 0.4) is 0 Å². The molecule has 0 fully saturated rings. The van der Waals surface area contributed by atoms with Crippen molar-refractivity contribution in [1.82, 2.24) is 15.4 Å². The lowest BCUT2D eigenvalue weighted by atomic mass is 10.1. The van der Waals surface area contributed by atoms with Crippen molar-refractivity contribution >= 4 is 28.9 Å². The first-order chi connectivity index (χ1) is 12.9. The first-order valence-electron chi connectivity index (χ1n) is 8.51. The molecule has 0 bridgehead atoms. The minimum absolute atomic E-state index is 0.281. The number of amides is 1. The van der Waals surface area contributed by atoms with Gasteiger partial charge in [-0.3, -0.25) is 15.6 Å². The Morgan fingerprint density at radius 2 is 1.52 bits per heavy atom. The Labute approximate surface area is 158 Å². The van der Waals surface area contributed by atoms with Gasteiger partial charge in [-0.05, 0) is 56.2 Å². The maximum atomic E-state index is 12.2. The summed E-state index contributed by atoms with van der Waals surface area (Å²) in [4.78, 5) is 20.5. The zero-order chi connectivity index (χ0) is 19.4. The molecule has 1 heterocycles. The Hall–Kier alpha value is -3.61. The molecule has 7 nitrogen and oxygen atoms in total. The SMILES string of the molecule is Cc1ccc(C(=O)NNc2ncnc(Nc3cc(C)cc(C)c3)c2N)cc1. The number of benzene rings is 2. The van der Waals surface area contributed by atoms with Gasteiger partial charge in [0, 0.05) is 11.3 Å². The Kier molecular flexibility index (Phi) is 5.21. The highest BCUT2D eigenvalue weighted by Gasteiger charge is 2.11. The van der Waals surface area contributed by atoms with Crippen LogP contribution in [0.5, 0.6) is 0 Å². The summed E-state index contributed by atoms with van der Waals surface area (Å²) in [5, 5.41) is 3.19. The molecule has 7 heteroatoms. The molecule has 27 heavy (non-hydrogen) atoms. The number of hydrogen-bond donors (Lipinski definition) is 4. The number of carbonyl (C=O) groups excluding carboxylic acids is 1. The molecule has 1 aromatic heterocycles. The van der Waals surface area contributed by atoms with Gasteiger partial charge in [-0.2, -0.15) is 0 Å². The number of hydrogen-bond acceptors (Lipinski definition) is 6. The van der Waals surface area contributed by atoms with Crippen LogP contribution in [-0.4, -0.2) is 15.9 Å². The first kappa shape index (κ1) is 18.2. The summed E-state index contributed by atoms with van der Waals surface area (Å²) >= 11 is 0. The number of anilines is 4. The van der Waals surface area contributed by atoms with E-state index in [1.54, 1.807) is 12.1 Å². The monoisotopic (exact) mass is 362 g/mol. The van der Waals surface area contributed by atoms with Gasteiger partial charge in [0.1, 0.15) is 12.0 Å². The van der Waals surface area contributed by atoms with Gasteiger partial charge in [0.15, 0.2) is 11.6 Å². The van der Waals surface area contributed by atoms with E-state index in [4.69, 9.17) is 5.73 Å². The van der Waals surface area contributed by atoms with E-state index in [1.165, 1.54) is 6.33 Å². The van der Waals surface area contributed by atoms with Gasteiger partial charge in [-0.1, -0.05) is 23.8 Å². The zero-order valence-corrected chi connectivity index (χ0v) is 15.5. The van der Waals surface area contributed by atoms with Crippen molar-refractivity contribution in [2.75, 3.05) is 16.5 Å². The molecule has 0 saturated heterocycles. The molecule has 0 radical (unpaired) electrons. The van der Waals surface area contributed by atoms with E-state index in [0.717, 1.165) is 22.4 Å². The van der Waals surface area contributed by atoms with Gasteiger partial charge in [-0.25, -0.2) is 9.97 Å². The maximum Gasteiger partial charge on any atom is 0.269 e. The molecule has 0 unspecified atom stereocenters. The van der Waals surface area contributed by atoms with Crippen molar-refractivity contribution in [2.24, 2.45) is 0 Å². The number of nitrogens with one attached hydrogen (secondary N) is 3. The summed E-state index contributed by atoms with van der Waals surface area (Å²) in [5.74, 6) is 0.497. The average molecular weight is 362 g/mol. The lowest BCUT2D eigenvalue weighted by molar-refractivity contribution is 0.0962. The van der Waals surface area contributed by atoms with Crippen LogP contribution >= 0.6 is 0 Å². The quantitative estimate of drug-likeness (QED) is 0.518. The maximum absolute atomic E-state index is 12.2. The number of nitrogen functional groups attached to an aromatic ring is 1. The fraction of sp³-hybridized carbons (Fsp3) is 0.150. The number of aromatic nitrogens is 2. The zero-order valence-electron chi connectivity index (χ0n) is 15.5. The summed E-state index contributed by atoms with van der Waals surface area (Å²) in [6.07, 6.45) is 1.38. The van der Waals surface area contributed by atoms with Gasteiger partial charge in [-0.15, -0.1) is 0 Å². The summed E-state index contributed by atoms with van der Waals surface area (Å²) < 4.78 is 0. The van der Waals surface area contributed by atoms with Crippen LogP contribution in [0.15, 0.2) is 48.8 Å². The Bertz CT molecular complexity index is 948. The fourth-order valence-corrected chi connectivity index (χ4v) is 2.67. The second-order valence-electron chi connectivity index (χ2n) is 6.43. The molecule has 0 aliphatic rings. The first-order valence-corrected chi connectivity index (χ1v) is 8.51. The Balaban J connectivity index is 1.72. The molecular weight excluding hydrogens is 340 g/mol. The Morgan fingerprint density at radius 1 is 0.889 bits per heavy atom. The third-order valence-corrected chi connectivity index (χ3v) is 3.98. The molecule has 138 valence electrons. The van der Waals surface area contributed by atoms with Crippen LogP contribution < -0.4 is 21.9 Å². The smallest absolute Gasteiger partial charge is 0.269 e. The van der Waals surface area contributed by atoms with Crippen molar-refractivity contribution < 1.29 is 4.79 Å². The molecule has 5 N–H and O–H groups in total. The van der Waals surface area contributed by atoms with E-state index in [1.807, 2.05) is 45.0 Å². The number of carbonyl (C=O) groups is 1. The van der Waals surface area contributed by atoms with E-state index in [2.05, 4.69) is 32.2 Å². The van der Waals surface area contributed by atoms with Crippen LogP contribution in [0.2, 0.25) is 0 Å². The van der Waals surface area contributed by atoms with Gasteiger partial charge in [0.2, 0.25) is 0 Å². The summed E-state index contributed by atoms with van der Waals surface area (Å²) in [6, 6.07) is 13.3. The molecule has 0 saturated carbocycles. The van der Waals surface area contributed by atoms with Crippen molar-refractivity contribution in [3.63, 3.8) is 0 Å². The molecule has 0 aliphatic heterocycles. The predicted octanol–water partition coefficient (Wildman–Crippen LogP) is 3.48. The molecule has 2 aromatic carbocycles. The molecular formula is C20H22N6O. The van der Waals surface area contributed by atoms with Gasteiger partial charge >= 0.3 is 0 Å². The van der Waals surface area contributed by atoms with E-state index in [-0.39, 0.29) is 5.91 Å². The third kappa shape index (κ3) is 4.52. The van der Waals surface area contributed by atoms with Gasteiger partial charge in [0.05, 0.1) is 0 Å². The minimum atomic E-state index is -0.281. The third-order valence-electron chi connectivity index (χ3n) is 3.98. The summed E-state index contributed by atoms with van der Waals surface area (Å²) in [5.41, 5.74) is 16.6. The highest BCUT2D eigenvalue weighted by molar-refractivity contribution is 5.95. The van der Waals surface area contributed by atoms with Crippen LogP contribution in [0.4, 0.5) is 23.0 Å². The highest BCUT2D eigenvalue weighted by atomic mass is 16.2. The van der Waals surface area contributed by atoms with E-state index < -0.39 is 0 Å². The molecule has 0 atom stereocenters. The number of hydrazine groups is 1. The minimum Gasteiger partial charge on any atom is -0.393 e. The molecule has 1 amide bonds. The van der Waals surface area contributed by atoms with Crippen molar-refractivity contribution in [3.05, 3.63) is 71.0 Å². The van der Waals surface area contributed by atoms with Crippen molar-refractivity contribution in [2.45, 2.75) is 20.8 Å². The molecule has 3 aromatic rings. The van der Waals surface area contributed by atoms with E-state index in [0.29, 0.717) is 22.9 Å². The normalized spacial score (nSPS) is 10.3. The van der Waals surface area contributed by atoms with Crippen LogP contribution in [0, 0.1) is 20.8 Å². The van der Waals surface area contributed by atoms with Crippen LogP contribution in [0.1, 0.15) is 27.0 Å². The highest BCUT2D eigenvalue weighted by Crippen LogP contribution is 2.26. The second kappa shape index (κ2) is 7.74. The number of aryl methyl sites for hydroxylation is 3. The molecule has 3 rings (SSSR count). The van der Waals surface area contributed by atoms with Gasteiger partial charge in [0.25, 0.3) is 5.91 Å². The van der Waals surface area contributed by atoms with Crippen LogP contribution in [0.25, 0.3) is 0 Å². The number of nitrogens with two attached hydrogens (primary N) is 1. The van der Waals surface area contributed by atoms with Gasteiger partial charge < -0.3 is 11.1 Å². The predicted molar refractivity (Wildman–Crippen MR) is 108 cm³/mol. The lowest BCUT2D eigenvalue weighted by Crippen LogP contribution is -2.30. The standard InChI is InChI=1S/C20H22N6O/c1-12-4-6-15(7-5-12)20(27)26-25-19-17(21)18(22-11-23-19)24-16-9-13(2)8-14(3)10-16/h4-11H,21H2,1-3H3,(H,26,27)(H2,22,23,24,25). The van der Waals surface area contributed by atoms with Crippen molar-refractivity contribution in [1.29, 1.82) is 0 Å². The second-order valence-corrected chi connectivity index (χ2v) is 6.43. The van der Waals surface area contributed by atoms with Crippen LogP contribution in [-0.2, 0) is 0 Å².